The van der Waals surface area contributed by atoms with E-state index in [2.05, 4.69) is 24.3 Å². The summed E-state index contributed by atoms with van der Waals surface area (Å²) in [5.41, 5.74) is 9.18. The van der Waals surface area contributed by atoms with Crippen LogP contribution in [-0.2, 0) is 0 Å². The Morgan fingerprint density at radius 3 is 2.72 bits per heavy atom. The van der Waals surface area contributed by atoms with Crippen molar-refractivity contribution in [1.29, 1.82) is 0 Å². The van der Waals surface area contributed by atoms with Crippen LogP contribution in [0.5, 0.6) is 5.75 Å². The molecular formula is C25H31FN4O2. The van der Waals surface area contributed by atoms with Gasteiger partial charge in [0, 0.05) is 23.9 Å². The molecule has 0 unspecified atom stereocenters. The second kappa shape index (κ2) is 10.1. The van der Waals surface area contributed by atoms with Gasteiger partial charge in [-0.25, -0.2) is 9.37 Å². The van der Waals surface area contributed by atoms with E-state index in [9.17, 15) is 4.39 Å². The van der Waals surface area contributed by atoms with Crippen molar-refractivity contribution < 1.29 is 13.5 Å². The molecule has 4 aromatic rings. The van der Waals surface area contributed by atoms with Crippen molar-refractivity contribution in [3.05, 3.63) is 42.2 Å². The molecule has 0 bridgehead atoms. The van der Waals surface area contributed by atoms with Gasteiger partial charge in [-0.3, -0.25) is 0 Å². The lowest BCUT2D eigenvalue weighted by Crippen LogP contribution is -2.13. The molecule has 0 amide bonds. The highest BCUT2D eigenvalue weighted by molar-refractivity contribution is 6.14. The van der Waals surface area contributed by atoms with Gasteiger partial charge in [-0.1, -0.05) is 12.8 Å². The molecule has 0 aliphatic rings. The predicted molar refractivity (Wildman–Crippen MR) is 129 cm³/mol. The molecule has 6 nitrogen and oxygen atoms in total. The zero-order chi connectivity index (χ0) is 22.5. The molecule has 0 aliphatic heterocycles. The van der Waals surface area contributed by atoms with Crippen molar-refractivity contribution in [3.63, 3.8) is 0 Å². The zero-order valence-electron chi connectivity index (χ0n) is 18.8. The minimum absolute atomic E-state index is 0.316. The highest BCUT2D eigenvalue weighted by Crippen LogP contribution is 2.38. The summed E-state index contributed by atoms with van der Waals surface area (Å²) < 4.78 is 25.9. The van der Waals surface area contributed by atoms with E-state index in [4.69, 9.17) is 19.9 Å². The number of fused-ring (bicyclic) bond motifs is 4. The van der Waals surface area contributed by atoms with Crippen LogP contribution < -0.4 is 15.8 Å². The first kappa shape index (κ1) is 22.3. The Morgan fingerprint density at radius 2 is 1.91 bits per heavy atom. The van der Waals surface area contributed by atoms with E-state index >= 15 is 0 Å². The number of aromatic nitrogens is 1. The van der Waals surface area contributed by atoms with Crippen LogP contribution in [-0.4, -0.2) is 50.2 Å². The number of nitrogens with one attached hydrogen (secondary N) is 1. The molecule has 7 heteroatoms. The van der Waals surface area contributed by atoms with E-state index in [0.717, 1.165) is 41.7 Å². The van der Waals surface area contributed by atoms with Gasteiger partial charge in [-0.05, 0) is 69.9 Å². The van der Waals surface area contributed by atoms with E-state index in [1.807, 2.05) is 18.2 Å². The standard InChI is InChI=1S/C25H31FN4O2/c1-30(2)13-5-3-4-6-14-31-18-8-9-21-19(16-18)23(28-12-11-27)25-24(29-21)20-15-17(26)7-10-22(20)32-25/h7-10,15-16H,3-6,11-14,27H2,1-2H3,(H,28,29). The van der Waals surface area contributed by atoms with Crippen LogP contribution in [0, 0.1) is 5.82 Å². The van der Waals surface area contributed by atoms with Crippen LogP contribution in [0.3, 0.4) is 0 Å². The van der Waals surface area contributed by atoms with E-state index in [1.165, 1.54) is 25.0 Å². The number of rotatable bonds is 11. The van der Waals surface area contributed by atoms with Crippen molar-refractivity contribution >= 4 is 38.7 Å². The maximum Gasteiger partial charge on any atom is 0.177 e. The summed E-state index contributed by atoms with van der Waals surface area (Å²) >= 11 is 0. The van der Waals surface area contributed by atoms with Crippen LogP contribution in [0.25, 0.3) is 33.0 Å². The average molecular weight is 439 g/mol. The number of unbranched alkanes of at least 4 members (excludes halogenated alkanes) is 3. The highest BCUT2D eigenvalue weighted by Gasteiger charge is 2.17. The Kier molecular flexibility index (Phi) is 7.07. The molecule has 0 aliphatic carbocycles. The molecule has 0 atom stereocenters. The van der Waals surface area contributed by atoms with Gasteiger partial charge in [0.2, 0.25) is 0 Å². The normalized spacial score (nSPS) is 11.8. The molecule has 0 spiro atoms. The van der Waals surface area contributed by atoms with Gasteiger partial charge in [0.15, 0.2) is 5.58 Å². The number of hydrogen-bond acceptors (Lipinski definition) is 6. The van der Waals surface area contributed by atoms with Gasteiger partial charge in [-0.15, -0.1) is 0 Å². The number of hydrogen-bond donors (Lipinski definition) is 2. The molecule has 0 fully saturated rings. The monoisotopic (exact) mass is 438 g/mol. The summed E-state index contributed by atoms with van der Waals surface area (Å²) in [5.74, 6) is 0.480. The van der Waals surface area contributed by atoms with Crippen molar-refractivity contribution in [1.82, 2.24) is 9.88 Å². The van der Waals surface area contributed by atoms with Crippen molar-refractivity contribution in [2.75, 3.05) is 45.7 Å². The van der Waals surface area contributed by atoms with Crippen LogP contribution in [0.2, 0.25) is 0 Å². The fourth-order valence-corrected chi connectivity index (χ4v) is 3.93. The van der Waals surface area contributed by atoms with Crippen molar-refractivity contribution in [2.45, 2.75) is 25.7 Å². The minimum atomic E-state index is -0.316. The molecule has 0 radical (unpaired) electrons. The molecule has 32 heavy (non-hydrogen) atoms. The Bertz CT molecular complexity index is 1210. The first-order chi connectivity index (χ1) is 15.6. The smallest absolute Gasteiger partial charge is 0.177 e. The quantitative estimate of drug-likeness (QED) is 0.316. The number of furan rings is 1. The number of halogens is 1. The molecule has 0 saturated carbocycles. The first-order valence-electron chi connectivity index (χ1n) is 11.2. The highest BCUT2D eigenvalue weighted by atomic mass is 19.1. The average Bonchev–Trinajstić information content (AvgIpc) is 3.13. The summed E-state index contributed by atoms with van der Waals surface area (Å²) in [6, 6.07) is 10.3. The lowest BCUT2D eigenvalue weighted by molar-refractivity contribution is 0.302. The van der Waals surface area contributed by atoms with Crippen LogP contribution >= 0.6 is 0 Å². The fourth-order valence-electron chi connectivity index (χ4n) is 3.93. The number of nitrogens with two attached hydrogens (primary N) is 1. The van der Waals surface area contributed by atoms with E-state index in [0.29, 0.717) is 41.8 Å². The summed E-state index contributed by atoms with van der Waals surface area (Å²) in [7, 11) is 4.21. The molecule has 2 heterocycles. The zero-order valence-corrected chi connectivity index (χ0v) is 18.8. The molecular weight excluding hydrogens is 407 g/mol. The third-order valence-corrected chi connectivity index (χ3v) is 5.54. The van der Waals surface area contributed by atoms with E-state index in [-0.39, 0.29) is 5.82 Å². The summed E-state index contributed by atoms with van der Waals surface area (Å²) in [4.78, 5) is 6.98. The Balaban J connectivity index is 1.58. The van der Waals surface area contributed by atoms with Crippen LogP contribution in [0.1, 0.15) is 25.7 Å². The van der Waals surface area contributed by atoms with Crippen LogP contribution in [0.4, 0.5) is 10.1 Å². The Morgan fingerprint density at radius 1 is 1.06 bits per heavy atom. The molecule has 4 rings (SSSR count). The first-order valence-corrected chi connectivity index (χ1v) is 11.2. The largest absolute Gasteiger partial charge is 0.494 e. The second-order valence-corrected chi connectivity index (χ2v) is 8.37. The van der Waals surface area contributed by atoms with Gasteiger partial charge >= 0.3 is 0 Å². The third-order valence-electron chi connectivity index (χ3n) is 5.54. The van der Waals surface area contributed by atoms with Gasteiger partial charge in [0.25, 0.3) is 0 Å². The molecule has 0 saturated heterocycles. The molecule has 3 N–H and O–H groups in total. The summed E-state index contributed by atoms with van der Waals surface area (Å²) in [6.45, 7) is 2.86. The lowest BCUT2D eigenvalue weighted by Gasteiger charge is -2.12. The van der Waals surface area contributed by atoms with E-state index in [1.54, 1.807) is 6.07 Å². The van der Waals surface area contributed by atoms with Gasteiger partial charge in [0.05, 0.1) is 17.8 Å². The predicted octanol–water partition coefficient (Wildman–Crippen LogP) is 5.14. The van der Waals surface area contributed by atoms with E-state index < -0.39 is 0 Å². The third kappa shape index (κ3) is 4.95. The number of benzene rings is 2. The Hall–Kier alpha value is -2.90. The fraction of sp³-hybridized carbons (Fsp3) is 0.400. The minimum Gasteiger partial charge on any atom is -0.494 e. The van der Waals surface area contributed by atoms with Gasteiger partial charge < -0.3 is 25.1 Å². The lowest BCUT2D eigenvalue weighted by atomic mass is 10.1. The van der Waals surface area contributed by atoms with Crippen molar-refractivity contribution in [2.24, 2.45) is 5.73 Å². The van der Waals surface area contributed by atoms with Gasteiger partial charge in [-0.2, -0.15) is 0 Å². The Labute approximate surface area is 187 Å². The van der Waals surface area contributed by atoms with Crippen LogP contribution in [0.15, 0.2) is 40.8 Å². The molecule has 170 valence electrons. The summed E-state index contributed by atoms with van der Waals surface area (Å²) in [6.07, 6.45) is 4.60. The van der Waals surface area contributed by atoms with Gasteiger partial charge in [0.1, 0.15) is 22.7 Å². The maximum atomic E-state index is 13.8. The topological polar surface area (TPSA) is 76.5 Å². The van der Waals surface area contributed by atoms with Crippen molar-refractivity contribution in [3.8, 4) is 5.75 Å². The molecule has 2 aromatic heterocycles. The number of ether oxygens (including phenoxy) is 1. The second-order valence-electron chi connectivity index (χ2n) is 8.37. The summed E-state index contributed by atoms with van der Waals surface area (Å²) in [5, 5.41) is 4.93. The maximum absolute atomic E-state index is 13.8. The number of nitrogens with zero attached hydrogens (tertiary/aromatic N) is 2. The SMILES string of the molecule is CN(C)CCCCCCOc1ccc2nc3c(oc4ccc(F)cc43)c(NCCN)c2c1. The number of pyridine rings is 1. The molecule has 2 aromatic carbocycles. The number of anilines is 1.